The fourth-order valence-corrected chi connectivity index (χ4v) is 5.84. The zero-order chi connectivity index (χ0) is 20.7. The zero-order valence-corrected chi connectivity index (χ0v) is 18.1. The summed E-state index contributed by atoms with van der Waals surface area (Å²) >= 11 is 0. The van der Waals surface area contributed by atoms with Crippen molar-refractivity contribution in [3.63, 3.8) is 0 Å². The molecule has 30 heavy (non-hydrogen) atoms. The van der Waals surface area contributed by atoms with E-state index in [1.165, 1.54) is 38.8 Å². The Morgan fingerprint density at radius 1 is 1.00 bits per heavy atom. The van der Waals surface area contributed by atoms with Crippen LogP contribution in [0.3, 0.4) is 0 Å². The molecule has 1 aliphatic carbocycles. The maximum absolute atomic E-state index is 12.7. The van der Waals surface area contributed by atoms with Crippen molar-refractivity contribution >= 4 is 11.0 Å². The van der Waals surface area contributed by atoms with Crippen LogP contribution in [0.5, 0.6) is 11.5 Å². The fourth-order valence-electron chi connectivity index (χ4n) is 5.84. The molecule has 2 atom stereocenters. The number of hydrogen-bond donors (Lipinski definition) is 0. The van der Waals surface area contributed by atoms with E-state index in [1.54, 1.807) is 20.3 Å². The highest BCUT2D eigenvalue weighted by Gasteiger charge is 2.31. The highest BCUT2D eigenvalue weighted by atomic mass is 16.5. The summed E-state index contributed by atoms with van der Waals surface area (Å²) < 4.78 is 16.5. The first-order chi connectivity index (χ1) is 14.6. The summed E-state index contributed by atoms with van der Waals surface area (Å²) in [6.07, 6.45) is 6.54. The van der Waals surface area contributed by atoms with Gasteiger partial charge in [0.15, 0.2) is 11.5 Å². The number of rotatable bonds is 5. The fraction of sp³-hybridized carbons (Fsp3) is 0.625. The third kappa shape index (κ3) is 3.71. The zero-order valence-electron chi connectivity index (χ0n) is 18.1. The summed E-state index contributed by atoms with van der Waals surface area (Å²) in [5, 5.41) is 0.964. The van der Waals surface area contributed by atoms with E-state index in [2.05, 4.69) is 9.80 Å². The van der Waals surface area contributed by atoms with Crippen LogP contribution in [0.2, 0.25) is 0 Å². The van der Waals surface area contributed by atoms with Gasteiger partial charge in [-0.3, -0.25) is 4.90 Å². The molecule has 2 aliphatic heterocycles. The normalized spacial score (nSPS) is 24.6. The Bertz CT molecular complexity index is 973. The standard InChI is InChI=1S/C24H32N2O4/c1-28-22-11-19-18-6-7-25(8-9-26-13-16-4-3-5-17(10-16)14-26)15-20(18)24(27)30-21(19)12-23(22)29-2/h11-12,16-17H,3-10,13-15H2,1-2H3. The molecule has 3 heterocycles. The van der Waals surface area contributed by atoms with Gasteiger partial charge >= 0.3 is 5.63 Å². The maximum atomic E-state index is 12.7. The highest BCUT2D eigenvalue weighted by Crippen LogP contribution is 2.36. The number of hydrogen-bond acceptors (Lipinski definition) is 6. The molecule has 2 aromatic rings. The molecule has 0 spiro atoms. The number of likely N-dealkylation sites (tertiary alicyclic amines) is 1. The van der Waals surface area contributed by atoms with Gasteiger partial charge in [-0.1, -0.05) is 6.42 Å². The monoisotopic (exact) mass is 412 g/mol. The highest BCUT2D eigenvalue weighted by molar-refractivity contribution is 5.85. The van der Waals surface area contributed by atoms with Crippen LogP contribution in [0, 0.1) is 11.8 Å². The van der Waals surface area contributed by atoms with Crippen molar-refractivity contribution in [1.82, 2.24) is 9.80 Å². The predicted octanol–water partition coefficient (Wildman–Crippen LogP) is 3.29. The minimum absolute atomic E-state index is 0.220. The lowest BCUT2D eigenvalue weighted by Crippen LogP contribution is -2.46. The van der Waals surface area contributed by atoms with Crippen molar-refractivity contribution in [2.24, 2.45) is 11.8 Å². The molecule has 0 radical (unpaired) electrons. The molecule has 3 aliphatic rings. The number of methoxy groups -OCH3 is 2. The average Bonchev–Trinajstić information content (AvgIpc) is 2.76. The lowest BCUT2D eigenvalue weighted by atomic mass is 9.78. The molecule has 2 fully saturated rings. The molecule has 1 aromatic heterocycles. The molecular weight excluding hydrogens is 380 g/mol. The molecule has 162 valence electrons. The number of piperidine rings is 1. The Morgan fingerprint density at radius 2 is 1.70 bits per heavy atom. The molecule has 6 heteroatoms. The van der Waals surface area contributed by atoms with Crippen LogP contribution in [-0.2, 0) is 13.0 Å². The topological polar surface area (TPSA) is 55.2 Å². The first-order valence-corrected chi connectivity index (χ1v) is 11.3. The molecule has 6 nitrogen and oxygen atoms in total. The van der Waals surface area contributed by atoms with E-state index in [9.17, 15) is 4.79 Å². The number of nitrogens with zero attached hydrogens (tertiary/aromatic N) is 2. The number of benzene rings is 1. The van der Waals surface area contributed by atoms with Gasteiger partial charge in [0.1, 0.15) is 5.58 Å². The van der Waals surface area contributed by atoms with Crippen molar-refractivity contribution in [2.45, 2.75) is 38.6 Å². The minimum Gasteiger partial charge on any atom is -0.493 e. The van der Waals surface area contributed by atoms with Crippen molar-refractivity contribution in [2.75, 3.05) is 46.9 Å². The molecular formula is C24H32N2O4. The third-order valence-corrected chi connectivity index (χ3v) is 7.34. The summed E-state index contributed by atoms with van der Waals surface area (Å²) in [6.45, 7) is 6.28. The molecule has 0 N–H and O–H groups in total. The second kappa shape index (κ2) is 8.23. The number of fused-ring (bicyclic) bond motifs is 5. The van der Waals surface area contributed by atoms with Gasteiger partial charge in [0.25, 0.3) is 0 Å². The molecule has 2 unspecified atom stereocenters. The van der Waals surface area contributed by atoms with Gasteiger partial charge in [0.2, 0.25) is 0 Å². The molecule has 0 amide bonds. The second-order valence-electron chi connectivity index (χ2n) is 9.23. The van der Waals surface area contributed by atoms with Crippen LogP contribution < -0.4 is 15.1 Å². The van der Waals surface area contributed by atoms with Gasteiger partial charge in [0, 0.05) is 50.7 Å². The van der Waals surface area contributed by atoms with Gasteiger partial charge in [-0.2, -0.15) is 0 Å². The first-order valence-electron chi connectivity index (χ1n) is 11.3. The maximum Gasteiger partial charge on any atom is 0.341 e. The lowest BCUT2D eigenvalue weighted by molar-refractivity contribution is 0.0749. The minimum atomic E-state index is -0.220. The Hall–Kier alpha value is -2.05. The van der Waals surface area contributed by atoms with E-state index in [0.29, 0.717) is 23.6 Å². The summed E-state index contributed by atoms with van der Waals surface area (Å²) in [6, 6.07) is 3.70. The van der Waals surface area contributed by atoms with Gasteiger partial charge in [0.05, 0.1) is 19.8 Å². The van der Waals surface area contributed by atoms with Crippen molar-refractivity contribution < 1.29 is 13.9 Å². The van der Waals surface area contributed by atoms with Crippen LogP contribution in [0.1, 0.15) is 36.8 Å². The summed E-state index contributed by atoms with van der Waals surface area (Å²) in [5.74, 6) is 3.06. The first kappa shape index (κ1) is 19.9. The molecule has 1 saturated carbocycles. The molecule has 1 aromatic carbocycles. The van der Waals surface area contributed by atoms with Gasteiger partial charge in [-0.15, -0.1) is 0 Å². The summed E-state index contributed by atoms with van der Waals surface area (Å²) in [4.78, 5) is 17.8. The van der Waals surface area contributed by atoms with Crippen LogP contribution in [0.4, 0.5) is 0 Å². The van der Waals surface area contributed by atoms with E-state index in [1.807, 2.05) is 6.07 Å². The summed E-state index contributed by atoms with van der Waals surface area (Å²) in [7, 11) is 3.22. The quantitative estimate of drug-likeness (QED) is 0.703. The van der Waals surface area contributed by atoms with Crippen LogP contribution in [-0.4, -0.2) is 56.7 Å². The third-order valence-electron chi connectivity index (χ3n) is 7.34. The molecule has 1 saturated heterocycles. The van der Waals surface area contributed by atoms with Gasteiger partial charge in [-0.25, -0.2) is 4.79 Å². The SMILES string of the molecule is COc1cc2oc(=O)c3c(c2cc1OC)CCN(CCN1CC2CCCC(C2)C1)C3. The van der Waals surface area contributed by atoms with E-state index < -0.39 is 0 Å². The van der Waals surface area contributed by atoms with Crippen LogP contribution in [0.15, 0.2) is 21.3 Å². The second-order valence-corrected chi connectivity index (χ2v) is 9.23. The molecule has 5 rings (SSSR count). The Labute approximate surface area is 177 Å². The molecule has 2 bridgehead atoms. The van der Waals surface area contributed by atoms with Crippen LogP contribution >= 0.6 is 0 Å². The van der Waals surface area contributed by atoms with Gasteiger partial charge in [-0.05, 0) is 49.1 Å². The van der Waals surface area contributed by atoms with E-state index in [-0.39, 0.29) is 5.63 Å². The van der Waals surface area contributed by atoms with Crippen molar-refractivity contribution in [1.29, 1.82) is 0 Å². The number of ether oxygens (including phenoxy) is 2. The smallest absolute Gasteiger partial charge is 0.341 e. The van der Waals surface area contributed by atoms with Crippen molar-refractivity contribution in [3.8, 4) is 11.5 Å². The van der Waals surface area contributed by atoms with Crippen molar-refractivity contribution in [3.05, 3.63) is 33.7 Å². The predicted molar refractivity (Wildman–Crippen MR) is 116 cm³/mol. The Morgan fingerprint density at radius 3 is 2.43 bits per heavy atom. The van der Waals surface area contributed by atoms with E-state index >= 15 is 0 Å². The van der Waals surface area contributed by atoms with E-state index in [0.717, 1.165) is 54.4 Å². The van der Waals surface area contributed by atoms with Gasteiger partial charge < -0.3 is 18.8 Å². The van der Waals surface area contributed by atoms with E-state index in [4.69, 9.17) is 13.9 Å². The van der Waals surface area contributed by atoms with Crippen LogP contribution in [0.25, 0.3) is 11.0 Å². The average molecular weight is 413 g/mol. The largest absolute Gasteiger partial charge is 0.493 e. The lowest BCUT2D eigenvalue weighted by Gasteiger charge is -2.42. The Balaban J connectivity index is 1.32. The Kier molecular flexibility index (Phi) is 5.46. The summed E-state index contributed by atoms with van der Waals surface area (Å²) in [5.41, 5.74) is 2.26.